The van der Waals surface area contributed by atoms with Crippen molar-refractivity contribution < 1.29 is 4.74 Å². The van der Waals surface area contributed by atoms with E-state index < -0.39 is 0 Å². The molecule has 0 unspecified atom stereocenters. The molecule has 0 amide bonds. The lowest BCUT2D eigenvalue weighted by Gasteiger charge is -2.48. The van der Waals surface area contributed by atoms with E-state index in [0.717, 1.165) is 51.9 Å². The SMILES string of the molecule is CCNC(=NCc1ccc(Cn2ccnc2)cc1)NCC1(N2CCOCC2)CCCCC1. The van der Waals surface area contributed by atoms with Crippen molar-refractivity contribution in [1.82, 2.24) is 25.1 Å². The van der Waals surface area contributed by atoms with Crippen molar-refractivity contribution in [3.8, 4) is 0 Å². The average molecular weight is 439 g/mol. The van der Waals surface area contributed by atoms with Gasteiger partial charge in [0.1, 0.15) is 0 Å². The summed E-state index contributed by atoms with van der Waals surface area (Å²) in [5, 5.41) is 7.13. The summed E-state index contributed by atoms with van der Waals surface area (Å²) in [5.41, 5.74) is 2.72. The normalized spacial score (nSPS) is 19.6. The van der Waals surface area contributed by atoms with E-state index in [2.05, 4.69) is 56.3 Å². The number of nitrogens with one attached hydrogen (secondary N) is 2. The van der Waals surface area contributed by atoms with E-state index in [-0.39, 0.29) is 5.54 Å². The highest BCUT2D eigenvalue weighted by molar-refractivity contribution is 5.79. The molecule has 2 fully saturated rings. The first kappa shape index (κ1) is 22.8. The van der Waals surface area contributed by atoms with Gasteiger partial charge < -0.3 is 19.9 Å². The Labute approximate surface area is 192 Å². The number of hydrogen-bond donors (Lipinski definition) is 2. The van der Waals surface area contributed by atoms with Crippen molar-refractivity contribution in [1.29, 1.82) is 0 Å². The molecule has 32 heavy (non-hydrogen) atoms. The molecule has 1 aliphatic heterocycles. The number of hydrogen-bond acceptors (Lipinski definition) is 4. The number of guanidine groups is 1. The molecule has 1 aliphatic carbocycles. The number of aliphatic imine (C=N–C) groups is 1. The van der Waals surface area contributed by atoms with Crippen molar-refractivity contribution in [3.63, 3.8) is 0 Å². The van der Waals surface area contributed by atoms with Crippen molar-refractivity contribution >= 4 is 5.96 Å². The average Bonchev–Trinajstić information content (AvgIpc) is 3.36. The first-order chi connectivity index (χ1) is 15.8. The molecule has 0 spiro atoms. The van der Waals surface area contributed by atoms with Crippen molar-refractivity contribution in [3.05, 3.63) is 54.1 Å². The second kappa shape index (κ2) is 11.5. The van der Waals surface area contributed by atoms with Gasteiger partial charge in [0.2, 0.25) is 0 Å². The molecule has 7 heteroatoms. The predicted octanol–water partition coefficient (Wildman–Crippen LogP) is 3.02. The van der Waals surface area contributed by atoms with Crippen LogP contribution in [0.15, 0.2) is 48.0 Å². The molecule has 1 saturated heterocycles. The Morgan fingerprint density at radius 1 is 1.06 bits per heavy atom. The zero-order valence-electron chi connectivity index (χ0n) is 19.4. The van der Waals surface area contributed by atoms with Crippen LogP contribution in [-0.2, 0) is 17.8 Å². The minimum Gasteiger partial charge on any atom is -0.379 e. The van der Waals surface area contributed by atoms with E-state index in [0.29, 0.717) is 6.54 Å². The number of morpholine rings is 1. The maximum atomic E-state index is 5.62. The standard InChI is InChI=1S/C25H38N6O/c1-2-27-24(28-18-22-6-8-23(9-7-22)19-30-13-12-26-21-30)29-20-25(10-4-3-5-11-25)31-14-16-32-17-15-31/h6-9,12-13,21H,2-5,10-11,14-20H2,1H3,(H2,27,28,29). The van der Waals surface area contributed by atoms with Crippen LogP contribution < -0.4 is 10.6 Å². The van der Waals surface area contributed by atoms with Crippen LogP contribution in [0, 0.1) is 0 Å². The van der Waals surface area contributed by atoms with Crippen molar-refractivity contribution in [2.24, 2.45) is 4.99 Å². The van der Waals surface area contributed by atoms with Gasteiger partial charge in [0.05, 0.1) is 26.1 Å². The number of ether oxygens (including phenoxy) is 1. The highest BCUT2D eigenvalue weighted by Crippen LogP contribution is 2.33. The Morgan fingerprint density at radius 2 is 1.81 bits per heavy atom. The highest BCUT2D eigenvalue weighted by Gasteiger charge is 2.38. The summed E-state index contributed by atoms with van der Waals surface area (Å²) in [7, 11) is 0. The van der Waals surface area contributed by atoms with Crippen LogP contribution in [-0.4, -0.2) is 65.3 Å². The summed E-state index contributed by atoms with van der Waals surface area (Å²) in [4.78, 5) is 11.7. The number of rotatable bonds is 8. The number of benzene rings is 1. The van der Waals surface area contributed by atoms with E-state index >= 15 is 0 Å². The molecule has 0 bridgehead atoms. The number of aromatic nitrogens is 2. The summed E-state index contributed by atoms with van der Waals surface area (Å²) in [6.45, 7) is 9.24. The Kier molecular flexibility index (Phi) is 8.18. The number of imidazole rings is 1. The maximum absolute atomic E-state index is 5.62. The Balaban J connectivity index is 1.36. The summed E-state index contributed by atoms with van der Waals surface area (Å²) in [6.07, 6.45) is 12.2. The van der Waals surface area contributed by atoms with Gasteiger partial charge in [-0.2, -0.15) is 0 Å². The fourth-order valence-corrected chi connectivity index (χ4v) is 4.95. The predicted molar refractivity (Wildman–Crippen MR) is 129 cm³/mol. The molecule has 2 heterocycles. The second-order valence-corrected chi connectivity index (χ2v) is 8.98. The van der Waals surface area contributed by atoms with Crippen LogP contribution >= 0.6 is 0 Å². The van der Waals surface area contributed by atoms with Gasteiger partial charge >= 0.3 is 0 Å². The molecule has 1 aromatic carbocycles. The first-order valence-corrected chi connectivity index (χ1v) is 12.2. The van der Waals surface area contributed by atoms with Crippen LogP contribution in [0.1, 0.15) is 50.2 Å². The van der Waals surface area contributed by atoms with E-state index in [9.17, 15) is 0 Å². The summed E-state index contributed by atoms with van der Waals surface area (Å²) >= 11 is 0. The highest BCUT2D eigenvalue weighted by atomic mass is 16.5. The molecule has 1 aromatic heterocycles. The second-order valence-electron chi connectivity index (χ2n) is 8.98. The van der Waals surface area contributed by atoms with Gasteiger partial charge in [0.25, 0.3) is 0 Å². The van der Waals surface area contributed by atoms with Gasteiger partial charge in [-0.15, -0.1) is 0 Å². The fourth-order valence-electron chi connectivity index (χ4n) is 4.95. The lowest BCUT2D eigenvalue weighted by atomic mass is 9.80. The lowest BCUT2D eigenvalue weighted by molar-refractivity contribution is -0.0352. The van der Waals surface area contributed by atoms with Gasteiger partial charge in [0, 0.05) is 50.7 Å². The first-order valence-electron chi connectivity index (χ1n) is 12.2. The van der Waals surface area contributed by atoms with Crippen LogP contribution in [0.25, 0.3) is 0 Å². The fraction of sp³-hybridized carbons (Fsp3) is 0.600. The molecular weight excluding hydrogens is 400 g/mol. The van der Waals surface area contributed by atoms with Crippen LogP contribution in [0.3, 0.4) is 0 Å². The van der Waals surface area contributed by atoms with Crippen molar-refractivity contribution in [2.45, 2.75) is 57.7 Å². The Morgan fingerprint density at radius 3 is 2.50 bits per heavy atom. The largest absolute Gasteiger partial charge is 0.379 e. The van der Waals surface area contributed by atoms with Gasteiger partial charge in [0.15, 0.2) is 5.96 Å². The molecule has 7 nitrogen and oxygen atoms in total. The quantitative estimate of drug-likeness (QED) is 0.490. The maximum Gasteiger partial charge on any atom is 0.191 e. The number of nitrogens with zero attached hydrogens (tertiary/aromatic N) is 4. The smallest absolute Gasteiger partial charge is 0.191 e. The minimum atomic E-state index is 0.229. The summed E-state index contributed by atoms with van der Waals surface area (Å²) < 4.78 is 7.70. The molecule has 174 valence electrons. The molecule has 0 atom stereocenters. The molecular formula is C25H38N6O. The Bertz CT molecular complexity index is 821. The van der Waals surface area contributed by atoms with Gasteiger partial charge in [-0.3, -0.25) is 4.90 Å². The van der Waals surface area contributed by atoms with E-state index in [1.165, 1.54) is 43.2 Å². The van der Waals surface area contributed by atoms with Crippen LogP contribution in [0.4, 0.5) is 0 Å². The van der Waals surface area contributed by atoms with Crippen LogP contribution in [0.2, 0.25) is 0 Å². The van der Waals surface area contributed by atoms with Crippen LogP contribution in [0.5, 0.6) is 0 Å². The van der Waals surface area contributed by atoms with Crippen molar-refractivity contribution in [2.75, 3.05) is 39.4 Å². The summed E-state index contributed by atoms with van der Waals surface area (Å²) in [5.74, 6) is 0.910. The van der Waals surface area contributed by atoms with E-state index in [4.69, 9.17) is 9.73 Å². The molecule has 0 radical (unpaired) electrons. The summed E-state index contributed by atoms with van der Waals surface area (Å²) in [6, 6.07) is 8.71. The third-order valence-electron chi connectivity index (χ3n) is 6.76. The van der Waals surface area contributed by atoms with Gasteiger partial charge in [-0.25, -0.2) is 9.98 Å². The molecule has 2 aliphatic rings. The monoisotopic (exact) mass is 438 g/mol. The third kappa shape index (κ3) is 6.11. The van der Waals surface area contributed by atoms with Gasteiger partial charge in [-0.1, -0.05) is 43.5 Å². The molecule has 1 saturated carbocycles. The Hall–Kier alpha value is -2.38. The topological polar surface area (TPSA) is 66.7 Å². The zero-order valence-corrected chi connectivity index (χ0v) is 19.4. The lowest BCUT2D eigenvalue weighted by Crippen LogP contribution is -2.60. The molecule has 4 rings (SSSR count). The zero-order chi connectivity index (χ0) is 22.1. The molecule has 2 aromatic rings. The minimum absolute atomic E-state index is 0.229. The van der Waals surface area contributed by atoms with Gasteiger partial charge in [-0.05, 0) is 30.9 Å². The van der Waals surface area contributed by atoms with E-state index in [1.54, 1.807) is 0 Å². The third-order valence-corrected chi connectivity index (χ3v) is 6.76. The molecule has 2 N–H and O–H groups in total. The van der Waals surface area contributed by atoms with E-state index in [1.807, 2.05) is 18.7 Å².